The van der Waals surface area contributed by atoms with E-state index in [0.29, 0.717) is 19.1 Å². The highest BCUT2D eigenvalue weighted by atomic mass is 35.5. The van der Waals surface area contributed by atoms with Crippen LogP contribution in [-0.4, -0.2) is 30.1 Å². The second-order valence-electron chi connectivity index (χ2n) is 4.90. The van der Waals surface area contributed by atoms with Gasteiger partial charge in [-0.2, -0.15) is 0 Å². The van der Waals surface area contributed by atoms with Gasteiger partial charge in [0.05, 0.1) is 0 Å². The molecule has 5 heteroatoms. The molecule has 1 aromatic carbocycles. The van der Waals surface area contributed by atoms with Crippen molar-refractivity contribution < 1.29 is 9.47 Å². The van der Waals surface area contributed by atoms with Gasteiger partial charge in [0.25, 0.3) is 0 Å². The maximum atomic E-state index is 5.78. The second kappa shape index (κ2) is 5.75. The topological polar surface area (TPSA) is 43.4 Å². The van der Waals surface area contributed by atoms with Gasteiger partial charge in [0.15, 0.2) is 11.5 Å². The van der Waals surface area contributed by atoms with Gasteiger partial charge in [-0.1, -0.05) is 0 Å². The lowest BCUT2D eigenvalue weighted by Crippen LogP contribution is -2.17. The van der Waals surface area contributed by atoms with Crippen LogP contribution in [0.2, 0.25) is 0 Å². The van der Waals surface area contributed by atoms with Gasteiger partial charge in [-0.3, -0.25) is 0 Å². The molecule has 1 aromatic heterocycles. The van der Waals surface area contributed by atoms with Gasteiger partial charge in [0.2, 0.25) is 0 Å². The third kappa shape index (κ3) is 2.61. The van der Waals surface area contributed by atoms with Crippen molar-refractivity contribution in [1.82, 2.24) is 4.98 Å². The number of aromatic nitrogens is 1. The lowest BCUT2D eigenvalue weighted by molar-refractivity contribution is 0.172. The minimum absolute atomic E-state index is 0.277. The zero-order valence-corrected chi connectivity index (χ0v) is 12.1. The average Bonchev–Trinajstić information content (AvgIpc) is 2.46. The second-order valence-corrected chi connectivity index (χ2v) is 5.28. The molecule has 0 fully saturated rings. The van der Waals surface area contributed by atoms with E-state index in [-0.39, 0.29) is 6.04 Å². The van der Waals surface area contributed by atoms with E-state index >= 15 is 0 Å². The van der Waals surface area contributed by atoms with Gasteiger partial charge < -0.3 is 14.8 Å². The van der Waals surface area contributed by atoms with Crippen molar-refractivity contribution in [1.29, 1.82) is 0 Å². The summed E-state index contributed by atoms with van der Waals surface area (Å²) in [4.78, 5) is 4.43. The smallest absolute Gasteiger partial charge is 0.162 e. The lowest BCUT2D eigenvalue weighted by Gasteiger charge is -2.20. The van der Waals surface area contributed by atoms with Crippen molar-refractivity contribution >= 4 is 28.2 Å². The quantitative estimate of drug-likeness (QED) is 0.877. The Kier molecular flexibility index (Phi) is 3.83. The molecule has 1 aliphatic rings. The summed E-state index contributed by atoms with van der Waals surface area (Å²) in [6, 6.07) is 6.25. The number of alkyl halides is 1. The van der Waals surface area contributed by atoms with Crippen molar-refractivity contribution in [2.45, 2.75) is 19.4 Å². The molecule has 0 spiro atoms. The molecule has 4 nitrogen and oxygen atoms in total. The molecule has 1 N–H and O–H groups in total. The summed E-state index contributed by atoms with van der Waals surface area (Å²) in [6.45, 7) is 3.28. The molecule has 1 atom stereocenters. The van der Waals surface area contributed by atoms with E-state index in [1.54, 1.807) is 6.20 Å². The first-order valence-electron chi connectivity index (χ1n) is 6.79. The van der Waals surface area contributed by atoms with Crippen LogP contribution in [0.15, 0.2) is 24.4 Å². The van der Waals surface area contributed by atoms with Crippen LogP contribution in [0.1, 0.15) is 13.3 Å². The molecule has 106 valence electrons. The SMILES string of the molecule is CC(CCCl)Nc1nccc2cc3c(cc12)OCCO3. The molecule has 3 rings (SSSR count). The monoisotopic (exact) mass is 292 g/mol. The Bertz CT molecular complexity index is 618. The number of anilines is 1. The number of hydrogen-bond donors (Lipinski definition) is 1. The van der Waals surface area contributed by atoms with Gasteiger partial charge in [0, 0.05) is 23.5 Å². The summed E-state index contributed by atoms with van der Waals surface area (Å²) in [5, 5.41) is 5.53. The standard InChI is InChI=1S/C15H17ClN2O2/c1-10(2-4-16)18-15-12-9-14-13(19-6-7-20-14)8-11(12)3-5-17-15/h3,5,8-10H,2,4,6-7H2,1H3,(H,17,18). The van der Waals surface area contributed by atoms with Crippen LogP contribution in [0.5, 0.6) is 11.5 Å². The number of ether oxygens (including phenoxy) is 2. The van der Waals surface area contributed by atoms with Crippen molar-refractivity contribution in [3.63, 3.8) is 0 Å². The first-order chi connectivity index (χ1) is 9.78. The Hall–Kier alpha value is -1.68. The van der Waals surface area contributed by atoms with Crippen LogP contribution in [-0.2, 0) is 0 Å². The Morgan fingerprint density at radius 2 is 2.05 bits per heavy atom. The predicted molar refractivity (Wildman–Crippen MR) is 81.2 cm³/mol. The number of hydrogen-bond acceptors (Lipinski definition) is 4. The summed E-state index contributed by atoms with van der Waals surface area (Å²) in [7, 11) is 0. The minimum atomic E-state index is 0.277. The lowest BCUT2D eigenvalue weighted by atomic mass is 10.1. The van der Waals surface area contributed by atoms with Crippen molar-refractivity contribution in [2.75, 3.05) is 24.4 Å². The number of rotatable bonds is 4. The molecule has 0 amide bonds. The van der Waals surface area contributed by atoms with Crippen LogP contribution in [0, 0.1) is 0 Å². The van der Waals surface area contributed by atoms with Crippen molar-refractivity contribution in [2.24, 2.45) is 0 Å². The third-order valence-electron chi connectivity index (χ3n) is 3.35. The number of fused-ring (bicyclic) bond motifs is 2. The minimum Gasteiger partial charge on any atom is -0.486 e. The van der Waals surface area contributed by atoms with Gasteiger partial charge in [-0.05, 0) is 36.9 Å². The zero-order valence-electron chi connectivity index (χ0n) is 11.4. The fourth-order valence-electron chi connectivity index (χ4n) is 2.29. The van der Waals surface area contributed by atoms with Gasteiger partial charge >= 0.3 is 0 Å². The Morgan fingerprint density at radius 3 is 2.80 bits per heavy atom. The van der Waals surface area contributed by atoms with E-state index in [9.17, 15) is 0 Å². The number of nitrogens with zero attached hydrogens (tertiary/aromatic N) is 1. The number of pyridine rings is 1. The number of nitrogens with one attached hydrogen (secondary N) is 1. The Morgan fingerprint density at radius 1 is 1.30 bits per heavy atom. The van der Waals surface area contributed by atoms with Crippen LogP contribution in [0.25, 0.3) is 10.8 Å². The van der Waals surface area contributed by atoms with E-state index in [4.69, 9.17) is 21.1 Å². The Labute approximate surface area is 123 Å². The Balaban J connectivity index is 2.00. The molecule has 20 heavy (non-hydrogen) atoms. The van der Waals surface area contributed by atoms with Crippen molar-refractivity contribution in [3.8, 4) is 11.5 Å². The molecule has 0 radical (unpaired) electrons. The highest BCUT2D eigenvalue weighted by molar-refractivity contribution is 6.17. The largest absolute Gasteiger partial charge is 0.486 e. The third-order valence-corrected chi connectivity index (χ3v) is 3.57. The first kappa shape index (κ1) is 13.3. The van der Waals surface area contributed by atoms with E-state index in [2.05, 4.69) is 17.2 Å². The molecule has 0 bridgehead atoms. The number of halogens is 1. The summed E-state index contributed by atoms with van der Waals surface area (Å²) >= 11 is 5.78. The molecule has 0 saturated carbocycles. The molecular formula is C15H17ClN2O2. The first-order valence-corrected chi connectivity index (χ1v) is 7.32. The summed E-state index contributed by atoms with van der Waals surface area (Å²) in [5.74, 6) is 3.07. The maximum absolute atomic E-state index is 5.78. The van der Waals surface area contributed by atoms with Crippen LogP contribution in [0.4, 0.5) is 5.82 Å². The van der Waals surface area contributed by atoms with E-state index in [1.807, 2.05) is 18.2 Å². The van der Waals surface area contributed by atoms with Gasteiger partial charge in [-0.15, -0.1) is 11.6 Å². The molecule has 0 aliphatic carbocycles. The summed E-state index contributed by atoms with van der Waals surface area (Å²) in [5.41, 5.74) is 0. The highest BCUT2D eigenvalue weighted by Gasteiger charge is 2.15. The molecule has 1 unspecified atom stereocenters. The van der Waals surface area contributed by atoms with E-state index < -0.39 is 0 Å². The van der Waals surface area contributed by atoms with Gasteiger partial charge in [-0.25, -0.2) is 4.98 Å². The molecular weight excluding hydrogens is 276 g/mol. The molecule has 1 aliphatic heterocycles. The maximum Gasteiger partial charge on any atom is 0.162 e. The highest BCUT2D eigenvalue weighted by Crippen LogP contribution is 2.36. The fraction of sp³-hybridized carbons (Fsp3) is 0.400. The van der Waals surface area contributed by atoms with E-state index in [1.165, 1.54) is 0 Å². The van der Waals surface area contributed by atoms with Crippen molar-refractivity contribution in [3.05, 3.63) is 24.4 Å². The summed E-state index contributed by atoms with van der Waals surface area (Å²) in [6.07, 6.45) is 2.69. The van der Waals surface area contributed by atoms with E-state index in [0.717, 1.165) is 34.5 Å². The zero-order chi connectivity index (χ0) is 13.9. The summed E-state index contributed by atoms with van der Waals surface area (Å²) < 4.78 is 11.2. The molecule has 0 saturated heterocycles. The molecule has 2 heterocycles. The number of benzene rings is 1. The predicted octanol–water partition coefficient (Wildman–Crippen LogP) is 3.44. The van der Waals surface area contributed by atoms with Crippen LogP contribution >= 0.6 is 11.6 Å². The van der Waals surface area contributed by atoms with Gasteiger partial charge in [0.1, 0.15) is 19.0 Å². The fourth-order valence-corrected chi connectivity index (χ4v) is 2.62. The average molecular weight is 293 g/mol. The molecule has 2 aromatic rings. The normalized spacial score (nSPS) is 15.1. The van der Waals surface area contributed by atoms with Crippen LogP contribution in [0.3, 0.4) is 0 Å². The van der Waals surface area contributed by atoms with Crippen LogP contribution < -0.4 is 14.8 Å².